The minimum atomic E-state index is -1.01. The Labute approximate surface area is 187 Å². The van der Waals surface area contributed by atoms with Gasteiger partial charge in [0.25, 0.3) is 0 Å². The van der Waals surface area contributed by atoms with Crippen molar-refractivity contribution >= 4 is 11.9 Å². The van der Waals surface area contributed by atoms with Crippen molar-refractivity contribution in [1.29, 1.82) is 0 Å². The first-order valence-electron chi connectivity index (χ1n) is 11.5. The van der Waals surface area contributed by atoms with Crippen LogP contribution in [-0.2, 0) is 14.3 Å². The number of nitrogens with zero attached hydrogens (tertiary/aromatic N) is 1. The molecule has 0 aromatic carbocycles. The number of hydroxylamine groups is 2. The Morgan fingerprint density at radius 2 is 1.87 bits per heavy atom. The molecule has 0 bridgehead atoms. The molecule has 6 unspecified atom stereocenters. The number of allylic oxidation sites excluding steroid dienone is 1. The average molecular weight is 442 g/mol. The zero-order valence-corrected chi connectivity index (χ0v) is 20.3. The van der Waals surface area contributed by atoms with Crippen molar-refractivity contribution in [2.75, 3.05) is 7.05 Å². The molecule has 1 aliphatic rings. The van der Waals surface area contributed by atoms with Gasteiger partial charge in [0.2, 0.25) is 5.91 Å². The molecule has 1 amide bonds. The smallest absolute Gasteiger partial charge is 0.311 e. The summed E-state index contributed by atoms with van der Waals surface area (Å²) >= 11 is 0. The first kappa shape index (κ1) is 27.6. The van der Waals surface area contributed by atoms with Crippen molar-refractivity contribution in [3.8, 4) is 0 Å². The summed E-state index contributed by atoms with van der Waals surface area (Å²) in [7, 11) is 1.21. The summed E-state index contributed by atoms with van der Waals surface area (Å²) in [6, 6.07) is 0. The van der Waals surface area contributed by atoms with Gasteiger partial charge in [-0.2, -0.15) is 0 Å². The Bertz CT molecular complexity index is 630. The highest BCUT2D eigenvalue weighted by molar-refractivity contribution is 5.76. The Morgan fingerprint density at radius 3 is 2.42 bits per heavy atom. The minimum Gasteiger partial charge on any atom is -0.461 e. The lowest BCUT2D eigenvalue weighted by Crippen LogP contribution is -2.39. The first-order valence-corrected chi connectivity index (χ1v) is 11.5. The predicted molar refractivity (Wildman–Crippen MR) is 119 cm³/mol. The van der Waals surface area contributed by atoms with Crippen LogP contribution in [-0.4, -0.2) is 57.7 Å². The molecule has 3 N–H and O–H groups in total. The summed E-state index contributed by atoms with van der Waals surface area (Å²) in [5.41, 5.74) is 0.697. The molecular formula is C24H43NO6. The minimum absolute atomic E-state index is 0.0753. The molecule has 0 saturated carbocycles. The Balaban J connectivity index is 2.72. The summed E-state index contributed by atoms with van der Waals surface area (Å²) in [5, 5.41) is 29.8. The van der Waals surface area contributed by atoms with Crippen LogP contribution in [0.3, 0.4) is 0 Å². The van der Waals surface area contributed by atoms with Gasteiger partial charge in [-0.1, -0.05) is 32.4 Å². The number of esters is 1. The van der Waals surface area contributed by atoms with E-state index < -0.39 is 23.5 Å². The molecular weight excluding hydrogens is 398 g/mol. The van der Waals surface area contributed by atoms with Gasteiger partial charge in [-0.25, -0.2) is 5.06 Å². The van der Waals surface area contributed by atoms with E-state index in [0.29, 0.717) is 30.2 Å². The maximum absolute atomic E-state index is 12.7. The highest BCUT2D eigenvalue weighted by Crippen LogP contribution is 2.39. The second-order valence-electron chi connectivity index (χ2n) is 10.1. The van der Waals surface area contributed by atoms with E-state index >= 15 is 0 Å². The van der Waals surface area contributed by atoms with Gasteiger partial charge in [0, 0.05) is 13.0 Å². The molecule has 0 aromatic rings. The van der Waals surface area contributed by atoms with E-state index in [-0.39, 0.29) is 36.8 Å². The van der Waals surface area contributed by atoms with Gasteiger partial charge in [-0.3, -0.25) is 14.8 Å². The lowest BCUT2D eigenvalue weighted by Gasteiger charge is -2.39. The van der Waals surface area contributed by atoms with Crippen LogP contribution in [0.25, 0.3) is 0 Å². The van der Waals surface area contributed by atoms with Crippen molar-refractivity contribution < 1.29 is 29.7 Å². The lowest BCUT2D eigenvalue weighted by atomic mass is 9.73. The van der Waals surface area contributed by atoms with Gasteiger partial charge >= 0.3 is 5.97 Å². The number of amides is 1. The average Bonchev–Trinajstić information content (AvgIpc) is 2.65. The molecule has 0 spiro atoms. The fraction of sp³-hybridized carbons (Fsp3) is 0.833. The Hall–Kier alpha value is -1.44. The molecule has 0 saturated heterocycles. The molecule has 180 valence electrons. The number of hydrogen-bond donors (Lipinski definition) is 3. The van der Waals surface area contributed by atoms with Crippen LogP contribution in [0.4, 0.5) is 0 Å². The molecule has 0 aliphatic heterocycles. The third-order valence-corrected chi connectivity index (χ3v) is 6.66. The third kappa shape index (κ3) is 8.54. The Morgan fingerprint density at radius 1 is 1.26 bits per heavy atom. The zero-order valence-electron chi connectivity index (χ0n) is 20.3. The van der Waals surface area contributed by atoms with E-state index in [9.17, 15) is 19.8 Å². The number of carbonyl (C=O) groups is 2. The van der Waals surface area contributed by atoms with Crippen LogP contribution in [0.2, 0.25) is 0 Å². The number of carbonyl (C=O) groups excluding carboxylic acids is 2. The van der Waals surface area contributed by atoms with Crippen molar-refractivity contribution in [3.63, 3.8) is 0 Å². The van der Waals surface area contributed by atoms with E-state index in [1.54, 1.807) is 0 Å². The number of ether oxygens (including phenoxy) is 1. The summed E-state index contributed by atoms with van der Waals surface area (Å²) in [4.78, 5) is 24.2. The van der Waals surface area contributed by atoms with Crippen LogP contribution in [0, 0.1) is 23.2 Å². The van der Waals surface area contributed by atoms with Gasteiger partial charge in [0.15, 0.2) is 0 Å². The van der Waals surface area contributed by atoms with Crippen LogP contribution in [0.5, 0.6) is 0 Å². The van der Waals surface area contributed by atoms with Gasteiger partial charge in [0.1, 0.15) is 6.10 Å². The van der Waals surface area contributed by atoms with E-state index in [1.165, 1.54) is 12.6 Å². The molecule has 0 fully saturated rings. The van der Waals surface area contributed by atoms with E-state index in [1.807, 2.05) is 20.8 Å². The van der Waals surface area contributed by atoms with Crippen LogP contribution in [0.1, 0.15) is 80.1 Å². The van der Waals surface area contributed by atoms with Crippen LogP contribution in [0.15, 0.2) is 11.6 Å². The van der Waals surface area contributed by atoms with Gasteiger partial charge < -0.3 is 14.9 Å². The summed E-state index contributed by atoms with van der Waals surface area (Å²) in [6.45, 7) is 12.1. The quantitative estimate of drug-likeness (QED) is 0.195. The molecule has 6 atom stereocenters. The number of aliphatic hydroxyl groups excluding tert-OH is 2. The highest BCUT2D eigenvalue weighted by atomic mass is 16.5. The Kier molecular flexibility index (Phi) is 10.7. The molecule has 0 aromatic heterocycles. The topological polar surface area (TPSA) is 107 Å². The number of rotatable bonds is 11. The molecule has 0 radical (unpaired) electrons. The van der Waals surface area contributed by atoms with Crippen molar-refractivity contribution in [2.24, 2.45) is 23.2 Å². The second kappa shape index (κ2) is 12.0. The standard InChI is InChI=1S/C24H43NO6/c1-8-24(5,6)23(29)31-20-12-15(2)11-17(4)22(20)16(3)9-10-18(26)13-19(27)14-21(28)25(7)30/h11,15-16,18-20,22,26-27,30H,8-10,12-14H2,1-7H3. The monoisotopic (exact) mass is 441 g/mol. The summed E-state index contributed by atoms with van der Waals surface area (Å²) in [6.07, 6.45) is 2.83. The number of hydrogen-bond acceptors (Lipinski definition) is 6. The van der Waals surface area contributed by atoms with Crippen molar-refractivity contribution in [3.05, 3.63) is 11.6 Å². The third-order valence-electron chi connectivity index (χ3n) is 6.66. The molecule has 1 aliphatic carbocycles. The first-order chi connectivity index (χ1) is 14.3. The molecule has 1 rings (SSSR count). The fourth-order valence-corrected chi connectivity index (χ4v) is 4.30. The SMILES string of the molecule is CCC(C)(C)C(=O)OC1CC(C)C=C(C)C1C(C)CCC(O)CC(O)CC(=O)N(C)O. The van der Waals surface area contributed by atoms with E-state index in [2.05, 4.69) is 26.8 Å². The number of aliphatic hydroxyl groups is 2. The van der Waals surface area contributed by atoms with Crippen LogP contribution >= 0.6 is 0 Å². The van der Waals surface area contributed by atoms with Gasteiger partial charge in [-0.05, 0) is 64.7 Å². The maximum Gasteiger partial charge on any atom is 0.311 e. The van der Waals surface area contributed by atoms with E-state index in [4.69, 9.17) is 9.94 Å². The van der Waals surface area contributed by atoms with Gasteiger partial charge in [-0.15, -0.1) is 0 Å². The zero-order chi connectivity index (χ0) is 23.9. The van der Waals surface area contributed by atoms with Gasteiger partial charge in [0.05, 0.1) is 24.0 Å². The molecule has 0 heterocycles. The largest absolute Gasteiger partial charge is 0.461 e. The van der Waals surface area contributed by atoms with Crippen molar-refractivity contribution in [2.45, 2.75) is 98.4 Å². The molecule has 7 heteroatoms. The fourth-order valence-electron chi connectivity index (χ4n) is 4.30. The summed E-state index contributed by atoms with van der Waals surface area (Å²) < 4.78 is 6.01. The maximum atomic E-state index is 12.7. The predicted octanol–water partition coefficient (Wildman–Crippen LogP) is 3.70. The van der Waals surface area contributed by atoms with Crippen molar-refractivity contribution in [1.82, 2.24) is 5.06 Å². The van der Waals surface area contributed by atoms with E-state index in [0.717, 1.165) is 6.42 Å². The lowest BCUT2D eigenvalue weighted by molar-refractivity contribution is -0.164. The second-order valence-corrected chi connectivity index (χ2v) is 10.1. The van der Waals surface area contributed by atoms with Crippen LogP contribution < -0.4 is 0 Å². The highest BCUT2D eigenvalue weighted by Gasteiger charge is 2.38. The molecule has 7 nitrogen and oxygen atoms in total. The summed E-state index contributed by atoms with van der Waals surface area (Å²) in [5.74, 6) is -0.141. The molecule has 31 heavy (non-hydrogen) atoms. The normalized spacial score (nSPS) is 24.7.